The van der Waals surface area contributed by atoms with Gasteiger partial charge < -0.3 is 0 Å². The summed E-state index contributed by atoms with van der Waals surface area (Å²) in [7, 11) is 0. The van der Waals surface area contributed by atoms with Gasteiger partial charge >= 0.3 is 0 Å². The van der Waals surface area contributed by atoms with E-state index >= 15 is 0 Å². The normalized spacial score (nSPS) is 11.7. The Morgan fingerprint density at radius 3 is 1.62 bits per heavy atom. The van der Waals surface area contributed by atoms with Gasteiger partial charge in [0.2, 0.25) is 0 Å². The molecule has 0 N–H and O–H groups in total. The molecule has 2 rings (SSSR count). The smallest absolute Gasteiger partial charge is 0.0152 e. The van der Waals surface area contributed by atoms with Crippen LogP contribution in [-0.2, 0) is 6.42 Å². The molecule has 0 heterocycles. The van der Waals surface area contributed by atoms with Crippen LogP contribution in [0.4, 0.5) is 0 Å². The van der Waals surface area contributed by atoms with Crippen LogP contribution in [0.15, 0.2) is 54.6 Å². The fourth-order valence-electron chi connectivity index (χ4n) is 4.79. The van der Waals surface area contributed by atoms with Gasteiger partial charge in [0.05, 0.1) is 0 Å². The Balaban J connectivity index is 1.34. The maximum atomic E-state index is 2.42. The van der Waals surface area contributed by atoms with Crippen molar-refractivity contribution in [2.75, 3.05) is 0 Å². The van der Waals surface area contributed by atoms with Crippen LogP contribution in [0, 0.1) is 0 Å². The van der Waals surface area contributed by atoms with Gasteiger partial charge in [0, 0.05) is 0 Å². The van der Waals surface area contributed by atoms with E-state index in [0.29, 0.717) is 0 Å². The molecule has 0 aliphatic rings. The first-order valence-corrected chi connectivity index (χ1v) is 14.0. The van der Waals surface area contributed by atoms with Gasteiger partial charge in [0.25, 0.3) is 0 Å². The van der Waals surface area contributed by atoms with Crippen molar-refractivity contribution in [1.29, 1.82) is 0 Å². The fourth-order valence-corrected chi connectivity index (χ4v) is 4.79. The Bertz CT molecular complexity index is 706. The van der Waals surface area contributed by atoms with Crippen molar-refractivity contribution in [1.82, 2.24) is 0 Å². The van der Waals surface area contributed by atoms with E-state index in [1.807, 2.05) is 0 Å². The molecule has 0 bridgehead atoms. The number of benzene rings is 2. The summed E-state index contributed by atoms with van der Waals surface area (Å²) >= 11 is 0. The SMILES string of the molecule is CCCCCCCCCCCCCCCCC/C=C/CCCc1cccc2ccccc12. The second-order valence-corrected chi connectivity index (χ2v) is 9.74. The van der Waals surface area contributed by atoms with Gasteiger partial charge in [-0.15, -0.1) is 0 Å². The van der Waals surface area contributed by atoms with Crippen molar-refractivity contribution in [3.63, 3.8) is 0 Å². The van der Waals surface area contributed by atoms with Gasteiger partial charge in [-0.05, 0) is 48.4 Å². The van der Waals surface area contributed by atoms with Crippen LogP contribution in [0.2, 0.25) is 0 Å². The molecule has 0 amide bonds. The first kappa shape index (κ1) is 26.7. The molecule has 0 radical (unpaired) electrons. The number of unbranched alkanes of at least 4 members (excludes halogenated alkanes) is 16. The standard InChI is InChI=1S/C32H50/c1-2-3-4-5-6-7-8-9-10-11-12-13-14-15-16-17-18-19-20-21-25-30-27-24-28-31-26-22-23-29-32(30)31/h18-19,22-24,26-29H,2-17,20-21,25H2,1H3/b19-18+. The zero-order valence-corrected chi connectivity index (χ0v) is 21.1. The van der Waals surface area contributed by atoms with E-state index in [1.165, 1.54) is 138 Å². The molecule has 2 aromatic rings. The highest BCUT2D eigenvalue weighted by Crippen LogP contribution is 2.20. The number of rotatable bonds is 20. The van der Waals surface area contributed by atoms with E-state index in [-0.39, 0.29) is 0 Å². The van der Waals surface area contributed by atoms with Crippen LogP contribution in [0.1, 0.15) is 128 Å². The van der Waals surface area contributed by atoms with Crippen LogP contribution in [0.25, 0.3) is 10.8 Å². The Hall–Kier alpha value is -1.56. The largest absolute Gasteiger partial charge is 0.0885 e. The van der Waals surface area contributed by atoms with Crippen LogP contribution in [0.3, 0.4) is 0 Å². The van der Waals surface area contributed by atoms with E-state index in [4.69, 9.17) is 0 Å². The van der Waals surface area contributed by atoms with Crippen molar-refractivity contribution in [2.24, 2.45) is 0 Å². The predicted molar refractivity (Wildman–Crippen MR) is 146 cm³/mol. The summed E-state index contributed by atoms with van der Waals surface area (Å²) in [5.74, 6) is 0. The van der Waals surface area contributed by atoms with Gasteiger partial charge in [0.15, 0.2) is 0 Å². The third kappa shape index (κ3) is 12.5. The summed E-state index contributed by atoms with van der Waals surface area (Å²) in [6.45, 7) is 2.30. The van der Waals surface area contributed by atoms with E-state index in [9.17, 15) is 0 Å². The van der Waals surface area contributed by atoms with Crippen LogP contribution in [0.5, 0.6) is 0 Å². The van der Waals surface area contributed by atoms with Crippen molar-refractivity contribution in [3.05, 3.63) is 60.2 Å². The number of fused-ring (bicyclic) bond motifs is 1. The highest BCUT2D eigenvalue weighted by atomic mass is 14.0. The Morgan fingerprint density at radius 2 is 1.00 bits per heavy atom. The number of allylic oxidation sites excluding steroid dienone is 2. The second kappa shape index (κ2) is 19.0. The third-order valence-corrected chi connectivity index (χ3v) is 6.84. The summed E-state index contributed by atoms with van der Waals surface area (Å²) < 4.78 is 0. The number of hydrogen-bond acceptors (Lipinski definition) is 0. The van der Waals surface area contributed by atoms with Gasteiger partial charge in [-0.3, -0.25) is 0 Å². The van der Waals surface area contributed by atoms with Gasteiger partial charge in [0.1, 0.15) is 0 Å². The molecule has 0 aliphatic carbocycles. The monoisotopic (exact) mass is 434 g/mol. The average molecular weight is 435 g/mol. The summed E-state index contributed by atoms with van der Waals surface area (Å²) in [4.78, 5) is 0. The van der Waals surface area contributed by atoms with E-state index in [2.05, 4.69) is 61.5 Å². The molecule has 0 saturated heterocycles. The molecule has 0 fully saturated rings. The van der Waals surface area contributed by atoms with Crippen LogP contribution < -0.4 is 0 Å². The fraction of sp³-hybridized carbons (Fsp3) is 0.625. The highest BCUT2D eigenvalue weighted by Gasteiger charge is 1.99. The molecule has 32 heavy (non-hydrogen) atoms. The Labute approximate surface area is 199 Å². The lowest BCUT2D eigenvalue weighted by atomic mass is 10.00. The zero-order chi connectivity index (χ0) is 22.5. The van der Waals surface area contributed by atoms with Crippen molar-refractivity contribution in [2.45, 2.75) is 129 Å². The van der Waals surface area contributed by atoms with Gasteiger partial charge in [-0.1, -0.05) is 151 Å². The first-order chi connectivity index (χ1) is 15.9. The maximum Gasteiger partial charge on any atom is -0.0152 e. The van der Waals surface area contributed by atoms with Crippen LogP contribution in [-0.4, -0.2) is 0 Å². The minimum Gasteiger partial charge on any atom is -0.0885 e. The summed E-state index contributed by atoms with van der Waals surface area (Å²) in [6, 6.07) is 15.5. The van der Waals surface area contributed by atoms with E-state index in [0.717, 1.165) is 0 Å². The molecule has 0 aromatic heterocycles. The van der Waals surface area contributed by atoms with Gasteiger partial charge in [-0.2, -0.15) is 0 Å². The topological polar surface area (TPSA) is 0 Å². The minimum atomic E-state index is 1.19. The highest BCUT2D eigenvalue weighted by molar-refractivity contribution is 5.85. The molecule has 0 aliphatic heterocycles. The molecular formula is C32H50. The minimum absolute atomic E-state index is 1.19. The molecule has 0 heteroatoms. The summed E-state index contributed by atoms with van der Waals surface area (Å²) in [5, 5.41) is 2.80. The number of aryl methyl sites for hydroxylation is 1. The Morgan fingerprint density at radius 1 is 0.500 bits per heavy atom. The first-order valence-electron chi connectivity index (χ1n) is 14.0. The lowest BCUT2D eigenvalue weighted by Gasteiger charge is -2.05. The lowest BCUT2D eigenvalue weighted by Crippen LogP contribution is -1.87. The molecule has 0 unspecified atom stereocenters. The molecule has 2 aromatic carbocycles. The lowest BCUT2D eigenvalue weighted by molar-refractivity contribution is 0.533. The quantitative estimate of drug-likeness (QED) is 0.143. The van der Waals surface area contributed by atoms with Crippen molar-refractivity contribution in [3.8, 4) is 0 Å². The average Bonchev–Trinajstić information content (AvgIpc) is 2.83. The van der Waals surface area contributed by atoms with Crippen molar-refractivity contribution >= 4 is 10.8 Å². The molecule has 0 nitrogen and oxygen atoms in total. The van der Waals surface area contributed by atoms with Gasteiger partial charge in [-0.25, -0.2) is 0 Å². The molecule has 178 valence electrons. The van der Waals surface area contributed by atoms with Crippen LogP contribution >= 0.6 is 0 Å². The maximum absolute atomic E-state index is 2.42. The Kier molecular flexibility index (Phi) is 15.8. The predicted octanol–water partition coefficient (Wildman–Crippen LogP) is 11.0. The van der Waals surface area contributed by atoms with E-state index in [1.54, 1.807) is 0 Å². The second-order valence-electron chi connectivity index (χ2n) is 9.74. The number of hydrogen-bond donors (Lipinski definition) is 0. The van der Waals surface area contributed by atoms with Crippen molar-refractivity contribution < 1.29 is 0 Å². The molecular weight excluding hydrogens is 384 g/mol. The summed E-state index contributed by atoms with van der Waals surface area (Å²) in [5.41, 5.74) is 1.50. The van der Waals surface area contributed by atoms with E-state index < -0.39 is 0 Å². The molecule has 0 saturated carbocycles. The molecule has 0 spiro atoms. The zero-order valence-electron chi connectivity index (χ0n) is 21.1. The molecule has 0 atom stereocenters. The third-order valence-electron chi connectivity index (χ3n) is 6.84. The summed E-state index contributed by atoms with van der Waals surface area (Å²) in [6.07, 6.45) is 31.4.